The first-order valence-electron chi connectivity index (χ1n) is 15.6. The van der Waals surface area contributed by atoms with E-state index in [0.29, 0.717) is 34.6 Å². The Morgan fingerprint density at radius 3 is 2.04 bits per heavy atom. The van der Waals surface area contributed by atoms with Crippen LogP contribution in [0.4, 0.5) is 14.5 Å². The number of nitrogens with zero attached hydrogens (tertiary/aromatic N) is 3. The summed E-state index contributed by atoms with van der Waals surface area (Å²) in [7, 11) is 0. The van der Waals surface area contributed by atoms with E-state index in [4.69, 9.17) is 4.52 Å². The van der Waals surface area contributed by atoms with Crippen LogP contribution in [-0.4, -0.2) is 44.5 Å². The fourth-order valence-electron chi connectivity index (χ4n) is 5.27. The van der Waals surface area contributed by atoms with Crippen molar-refractivity contribution in [2.24, 2.45) is 0 Å². The minimum absolute atomic E-state index is 0.0119. The highest BCUT2D eigenvalue weighted by Crippen LogP contribution is 2.27. The van der Waals surface area contributed by atoms with Crippen molar-refractivity contribution in [1.29, 1.82) is 0 Å². The van der Waals surface area contributed by atoms with Crippen molar-refractivity contribution >= 4 is 23.5 Å². The zero-order chi connectivity index (χ0) is 35.2. The number of rotatable bonds is 11. The van der Waals surface area contributed by atoms with Gasteiger partial charge in [0.25, 0.3) is 11.8 Å². The van der Waals surface area contributed by atoms with E-state index in [2.05, 4.69) is 39.7 Å². The molecular formula is C39H30F2N4O5. The van der Waals surface area contributed by atoms with E-state index in [1.807, 2.05) is 31.2 Å². The first-order valence-corrected chi connectivity index (χ1v) is 15.6. The highest BCUT2D eigenvalue weighted by atomic mass is 19.1. The summed E-state index contributed by atoms with van der Waals surface area (Å²) in [5.41, 5.74) is 6.08. The molecule has 0 atom stereocenters. The second kappa shape index (κ2) is 14.7. The fraction of sp³-hybridized carbons (Fsp3) is 0.103. The van der Waals surface area contributed by atoms with E-state index in [1.165, 1.54) is 40.8 Å². The molecule has 9 nitrogen and oxygen atoms in total. The van der Waals surface area contributed by atoms with Gasteiger partial charge in [0.15, 0.2) is 0 Å². The number of amides is 2. The quantitative estimate of drug-likeness (QED) is 0.145. The maximum Gasteiger partial charge on any atom is 0.323 e. The van der Waals surface area contributed by atoms with Crippen LogP contribution in [-0.2, 0) is 22.6 Å². The van der Waals surface area contributed by atoms with Gasteiger partial charge < -0.3 is 19.8 Å². The smallest absolute Gasteiger partial charge is 0.323 e. The van der Waals surface area contributed by atoms with Crippen LogP contribution in [0.3, 0.4) is 0 Å². The lowest BCUT2D eigenvalue weighted by Gasteiger charge is -2.21. The van der Waals surface area contributed by atoms with Crippen LogP contribution in [0, 0.1) is 18.6 Å². The summed E-state index contributed by atoms with van der Waals surface area (Å²) >= 11 is 0. The summed E-state index contributed by atoms with van der Waals surface area (Å²) in [6.45, 7) is 1.52. The van der Waals surface area contributed by atoms with Crippen LogP contribution in [0.5, 0.6) is 0 Å². The van der Waals surface area contributed by atoms with Crippen molar-refractivity contribution < 1.29 is 32.8 Å². The SMILES string of the molecule is Cc1ccc(-c2ccc(-c3nc(-c4ccc(CN(CC(=O)O)C(=O)c5ccc(NC(=O)Cc6ccc(F)cc6F)cc5)cc4)no3)cc2)cc1. The van der Waals surface area contributed by atoms with Crippen molar-refractivity contribution in [2.45, 2.75) is 19.9 Å². The van der Waals surface area contributed by atoms with Gasteiger partial charge in [0.2, 0.25) is 11.7 Å². The van der Waals surface area contributed by atoms with Crippen LogP contribution >= 0.6 is 0 Å². The number of carbonyl (C=O) groups excluding carboxylic acids is 2. The average Bonchev–Trinajstić information content (AvgIpc) is 3.60. The molecule has 0 radical (unpaired) electrons. The number of carboxylic acids is 1. The van der Waals surface area contributed by atoms with E-state index in [0.717, 1.165) is 22.8 Å². The Kier molecular flexibility index (Phi) is 9.85. The molecule has 2 N–H and O–H groups in total. The van der Waals surface area contributed by atoms with Gasteiger partial charge in [0, 0.05) is 35.0 Å². The monoisotopic (exact) mass is 672 g/mol. The molecule has 0 unspecified atom stereocenters. The van der Waals surface area contributed by atoms with E-state index >= 15 is 0 Å². The van der Waals surface area contributed by atoms with Crippen LogP contribution in [0.25, 0.3) is 34.0 Å². The highest BCUT2D eigenvalue weighted by molar-refractivity contribution is 5.97. The molecule has 11 heteroatoms. The lowest BCUT2D eigenvalue weighted by Crippen LogP contribution is -2.35. The summed E-state index contributed by atoms with van der Waals surface area (Å²) in [5, 5.41) is 16.2. The van der Waals surface area contributed by atoms with Crippen molar-refractivity contribution in [1.82, 2.24) is 15.0 Å². The average molecular weight is 673 g/mol. The zero-order valence-electron chi connectivity index (χ0n) is 26.8. The summed E-state index contributed by atoms with van der Waals surface area (Å²) < 4.78 is 32.6. The van der Waals surface area contributed by atoms with E-state index in [1.54, 1.807) is 24.3 Å². The van der Waals surface area contributed by atoms with Gasteiger partial charge in [-0.2, -0.15) is 4.98 Å². The van der Waals surface area contributed by atoms with Crippen molar-refractivity contribution in [3.05, 3.63) is 149 Å². The number of aryl methyl sites for hydroxylation is 1. The Morgan fingerprint density at radius 2 is 1.40 bits per heavy atom. The summed E-state index contributed by atoms with van der Waals surface area (Å²) in [6.07, 6.45) is -0.311. The second-order valence-corrected chi connectivity index (χ2v) is 11.7. The third-order valence-electron chi connectivity index (χ3n) is 7.92. The highest BCUT2D eigenvalue weighted by Gasteiger charge is 2.20. The number of aliphatic carboxylic acids is 1. The first-order chi connectivity index (χ1) is 24.1. The number of nitrogens with one attached hydrogen (secondary N) is 1. The molecule has 0 saturated heterocycles. The summed E-state index contributed by atoms with van der Waals surface area (Å²) in [5.74, 6) is -3.07. The Labute approximate surface area is 285 Å². The van der Waals surface area contributed by atoms with Gasteiger partial charge in [-0.15, -0.1) is 0 Å². The predicted molar refractivity (Wildman–Crippen MR) is 183 cm³/mol. The van der Waals surface area contributed by atoms with Gasteiger partial charge in [-0.25, -0.2) is 8.78 Å². The Bertz CT molecular complexity index is 2150. The molecule has 6 rings (SSSR count). The lowest BCUT2D eigenvalue weighted by atomic mass is 10.0. The molecule has 1 heterocycles. The van der Waals surface area contributed by atoms with Crippen LogP contribution in [0.2, 0.25) is 0 Å². The van der Waals surface area contributed by atoms with E-state index in [-0.39, 0.29) is 24.1 Å². The molecule has 0 spiro atoms. The minimum Gasteiger partial charge on any atom is -0.480 e. The van der Waals surface area contributed by atoms with Gasteiger partial charge in [0.1, 0.15) is 18.2 Å². The third-order valence-corrected chi connectivity index (χ3v) is 7.92. The number of hydrogen-bond acceptors (Lipinski definition) is 6. The minimum atomic E-state index is -1.18. The Hall–Kier alpha value is -6.49. The Balaban J connectivity index is 1.09. The maximum atomic E-state index is 13.9. The standard InChI is InChI=1S/C39H30F2N4O5/c1-24-2-6-26(7-3-24)27-10-12-29(13-11-27)38-43-37(44-50-38)28-8-4-25(5-9-28)22-45(23-36(47)48)39(49)30-15-18-33(19-16-30)42-35(46)20-31-14-17-32(40)21-34(31)41/h2-19,21H,20,22-23H2,1H3,(H,42,46)(H,47,48). The molecular weight excluding hydrogens is 642 g/mol. The maximum absolute atomic E-state index is 13.9. The number of hydrogen-bond donors (Lipinski definition) is 2. The Morgan fingerprint density at radius 1 is 0.780 bits per heavy atom. The number of benzene rings is 5. The van der Waals surface area contributed by atoms with Gasteiger partial charge >= 0.3 is 5.97 Å². The number of halogens is 2. The molecule has 2 amide bonds. The fourth-order valence-corrected chi connectivity index (χ4v) is 5.27. The van der Waals surface area contributed by atoms with Crippen molar-refractivity contribution in [3.63, 3.8) is 0 Å². The number of aromatic nitrogens is 2. The summed E-state index contributed by atoms with van der Waals surface area (Å²) in [4.78, 5) is 43.1. The van der Waals surface area contributed by atoms with Gasteiger partial charge in [-0.05, 0) is 71.6 Å². The van der Waals surface area contributed by atoms with Crippen LogP contribution in [0.1, 0.15) is 27.0 Å². The molecule has 0 bridgehead atoms. The largest absolute Gasteiger partial charge is 0.480 e. The van der Waals surface area contributed by atoms with Crippen molar-refractivity contribution in [2.75, 3.05) is 11.9 Å². The third kappa shape index (κ3) is 8.13. The number of anilines is 1. The number of carbonyl (C=O) groups is 3. The van der Waals surface area contributed by atoms with Crippen molar-refractivity contribution in [3.8, 4) is 34.0 Å². The van der Waals surface area contributed by atoms with E-state index in [9.17, 15) is 28.3 Å². The molecule has 5 aromatic carbocycles. The zero-order valence-corrected chi connectivity index (χ0v) is 26.8. The van der Waals surface area contributed by atoms with Gasteiger partial charge in [-0.1, -0.05) is 77.5 Å². The van der Waals surface area contributed by atoms with Gasteiger partial charge in [-0.3, -0.25) is 14.4 Å². The molecule has 0 aliphatic rings. The molecule has 6 aromatic rings. The molecule has 250 valence electrons. The van der Waals surface area contributed by atoms with Crippen LogP contribution in [0.15, 0.2) is 120 Å². The van der Waals surface area contributed by atoms with Gasteiger partial charge in [0.05, 0.1) is 6.42 Å². The second-order valence-electron chi connectivity index (χ2n) is 11.7. The van der Waals surface area contributed by atoms with Crippen LogP contribution < -0.4 is 5.32 Å². The molecule has 0 fully saturated rings. The molecule has 0 aliphatic carbocycles. The molecule has 1 aromatic heterocycles. The topological polar surface area (TPSA) is 126 Å². The number of carboxylic acid groups (broad SMARTS) is 1. The molecule has 50 heavy (non-hydrogen) atoms. The molecule has 0 saturated carbocycles. The van der Waals surface area contributed by atoms with E-state index < -0.39 is 36.0 Å². The molecule has 0 aliphatic heterocycles. The normalized spacial score (nSPS) is 10.9. The first kappa shape index (κ1) is 33.4. The predicted octanol–water partition coefficient (Wildman–Crippen LogP) is 7.57. The summed E-state index contributed by atoms with van der Waals surface area (Å²) in [6, 6.07) is 32.0. The lowest BCUT2D eigenvalue weighted by molar-refractivity contribution is -0.137.